The van der Waals surface area contributed by atoms with E-state index in [1.807, 2.05) is 0 Å². The summed E-state index contributed by atoms with van der Waals surface area (Å²) in [5.74, 6) is -0.547. The van der Waals surface area contributed by atoms with E-state index in [0.717, 1.165) is 32.1 Å². The molecule has 1 fully saturated rings. The number of carbonyl (C=O) groups is 1. The molecule has 0 aromatic rings. The topological polar surface area (TPSA) is 37.3 Å². The van der Waals surface area contributed by atoms with Gasteiger partial charge in [-0.05, 0) is 19.3 Å². The molecule has 0 unspecified atom stereocenters. The third-order valence-corrected chi connectivity index (χ3v) is 4.77. The van der Waals surface area contributed by atoms with Crippen molar-refractivity contribution < 1.29 is 9.90 Å². The van der Waals surface area contributed by atoms with Gasteiger partial charge in [0.25, 0.3) is 0 Å². The van der Waals surface area contributed by atoms with E-state index in [2.05, 4.69) is 6.92 Å². The maximum Gasteiger partial charge on any atom is 0.309 e. The molecule has 0 saturated heterocycles. The fraction of sp³-hybridized carbons (Fsp3) is 0.941. The Morgan fingerprint density at radius 3 is 1.74 bits per heavy atom. The second kappa shape index (κ2) is 9.39. The van der Waals surface area contributed by atoms with Crippen LogP contribution in [0.3, 0.4) is 0 Å². The fourth-order valence-corrected chi connectivity index (χ4v) is 3.13. The first kappa shape index (κ1) is 16.5. The Balaban J connectivity index is 1.87. The zero-order valence-electron chi connectivity index (χ0n) is 12.8. The number of carboxylic acid groups (broad SMARTS) is 1. The Bertz CT molecular complexity index is 244. The van der Waals surface area contributed by atoms with Crippen LogP contribution >= 0.6 is 0 Å². The first-order chi connectivity index (χ1) is 9.21. The second-order valence-electron chi connectivity index (χ2n) is 6.37. The van der Waals surface area contributed by atoms with Crippen molar-refractivity contribution in [2.75, 3.05) is 0 Å². The molecule has 19 heavy (non-hydrogen) atoms. The number of aliphatic carboxylic acids is 1. The average Bonchev–Trinajstić information content (AvgIpc) is 2.33. The third kappa shape index (κ3) is 5.97. The summed E-state index contributed by atoms with van der Waals surface area (Å²) >= 11 is 0. The number of carboxylic acids is 1. The van der Waals surface area contributed by atoms with Gasteiger partial charge in [0.1, 0.15) is 0 Å². The molecule has 1 rings (SSSR count). The molecular formula is C17H32O2. The van der Waals surface area contributed by atoms with Gasteiger partial charge in [-0.25, -0.2) is 0 Å². The van der Waals surface area contributed by atoms with Gasteiger partial charge in [-0.2, -0.15) is 0 Å². The van der Waals surface area contributed by atoms with Gasteiger partial charge < -0.3 is 5.11 Å². The Hall–Kier alpha value is -0.530. The lowest BCUT2D eigenvalue weighted by molar-refractivity contribution is -0.155. The molecule has 0 aliphatic heterocycles. The molecule has 1 saturated carbocycles. The minimum atomic E-state index is -0.547. The van der Waals surface area contributed by atoms with E-state index in [0.29, 0.717) is 0 Å². The Morgan fingerprint density at radius 1 is 0.895 bits per heavy atom. The van der Waals surface area contributed by atoms with Crippen LogP contribution in [0.1, 0.15) is 96.8 Å². The molecule has 0 amide bonds. The monoisotopic (exact) mass is 268 g/mol. The Kier molecular flexibility index (Phi) is 8.16. The molecular weight excluding hydrogens is 236 g/mol. The van der Waals surface area contributed by atoms with E-state index < -0.39 is 5.97 Å². The Labute approximate surface area is 119 Å². The summed E-state index contributed by atoms with van der Waals surface area (Å²) in [5.41, 5.74) is -0.319. The Morgan fingerprint density at radius 2 is 1.37 bits per heavy atom. The molecule has 2 nitrogen and oxygen atoms in total. The molecule has 0 radical (unpaired) electrons. The highest BCUT2D eigenvalue weighted by Crippen LogP contribution is 2.45. The van der Waals surface area contributed by atoms with Crippen LogP contribution in [0.15, 0.2) is 0 Å². The second-order valence-corrected chi connectivity index (χ2v) is 6.37. The first-order valence-electron chi connectivity index (χ1n) is 8.45. The fourth-order valence-electron chi connectivity index (χ4n) is 3.13. The van der Waals surface area contributed by atoms with Gasteiger partial charge in [0, 0.05) is 0 Å². The van der Waals surface area contributed by atoms with Crippen molar-refractivity contribution in [3.05, 3.63) is 0 Å². The maximum atomic E-state index is 11.2. The lowest BCUT2D eigenvalue weighted by atomic mass is 9.66. The van der Waals surface area contributed by atoms with E-state index in [1.54, 1.807) is 0 Å². The van der Waals surface area contributed by atoms with Crippen LogP contribution < -0.4 is 0 Å². The number of hydrogen-bond acceptors (Lipinski definition) is 1. The van der Waals surface area contributed by atoms with Crippen molar-refractivity contribution in [1.29, 1.82) is 0 Å². The van der Waals surface area contributed by atoms with E-state index in [4.69, 9.17) is 0 Å². The normalized spacial score (nSPS) is 17.1. The lowest BCUT2D eigenvalue weighted by Crippen LogP contribution is -2.37. The van der Waals surface area contributed by atoms with E-state index in [1.165, 1.54) is 57.8 Å². The van der Waals surface area contributed by atoms with Gasteiger partial charge in [0.05, 0.1) is 5.41 Å². The third-order valence-electron chi connectivity index (χ3n) is 4.77. The lowest BCUT2D eigenvalue weighted by Gasteiger charge is -2.37. The van der Waals surface area contributed by atoms with Gasteiger partial charge in [0.2, 0.25) is 0 Å². The highest BCUT2D eigenvalue weighted by atomic mass is 16.4. The van der Waals surface area contributed by atoms with Crippen LogP contribution in [0.25, 0.3) is 0 Å². The summed E-state index contributed by atoms with van der Waals surface area (Å²) in [6.45, 7) is 2.26. The quantitative estimate of drug-likeness (QED) is 0.471. The van der Waals surface area contributed by atoms with Crippen LogP contribution in [0, 0.1) is 5.41 Å². The first-order valence-corrected chi connectivity index (χ1v) is 8.45. The van der Waals surface area contributed by atoms with Gasteiger partial charge in [-0.1, -0.05) is 77.6 Å². The number of rotatable bonds is 12. The van der Waals surface area contributed by atoms with Crippen molar-refractivity contribution in [1.82, 2.24) is 0 Å². The predicted molar refractivity (Wildman–Crippen MR) is 80.4 cm³/mol. The van der Waals surface area contributed by atoms with E-state index >= 15 is 0 Å². The SMILES string of the molecule is CCCCCCCCCCCCC1(C(=O)O)CCC1. The van der Waals surface area contributed by atoms with Crippen LogP contribution in [-0.4, -0.2) is 11.1 Å². The molecule has 0 aromatic heterocycles. The molecule has 2 heteroatoms. The summed E-state index contributed by atoms with van der Waals surface area (Å²) in [6.07, 6.45) is 17.1. The molecule has 0 heterocycles. The molecule has 1 aliphatic carbocycles. The molecule has 0 aromatic carbocycles. The van der Waals surface area contributed by atoms with Crippen LogP contribution in [0.5, 0.6) is 0 Å². The van der Waals surface area contributed by atoms with Crippen molar-refractivity contribution in [2.45, 2.75) is 96.8 Å². The molecule has 0 bridgehead atoms. The highest BCUT2D eigenvalue weighted by molar-refractivity contribution is 5.75. The van der Waals surface area contributed by atoms with Gasteiger partial charge in [-0.3, -0.25) is 4.79 Å². The molecule has 1 N–H and O–H groups in total. The average molecular weight is 268 g/mol. The zero-order chi connectivity index (χ0) is 14.0. The summed E-state index contributed by atoms with van der Waals surface area (Å²) in [6, 6.07) is 0. The van der Waals surface area contributed by atoms with E-state index in [9.17, 15) is 9.90 Å². The largest absolute Gasteiger partial charge is 0.481 e. The van der Waals surface area contributed by atoms with Crippen molar-refractivity contribution in [2.24, 2.45) is 5.41 Å². The smallest absolute Gasteiger partial charge is 0.309 e. The summed E-state index contributed by atoms with van der Waals surface area (Å²) < 4.78 is 0. The van der Waals surface area contributed by atoms with Crippen LogP contribution in [0.2, 0.25) is 0 Å². The summed E-state index contributed by atoms with van der Waals surface area (Å²) in [5, 5.41) is 9.23. The minimum Gasteiger partial charge on any atom is -0.481 e. The van der Waals surface area contributed by atoms with Gasteiger partial charge >= 0.3 is 5.97 Å². The predicted octanol–water partition coefficient (Wildman–Crippen LogP) is 5.55. The maximum absolute atomic E-state index is 11.2. The highest BCUT2D eigenvalue weighted by Gasteiger charge is 2.43. The molecule has 0 spiro atoms. The molecule has 1 aliphatic rings. The van der Waals surface area contributed by atoms with Crippen LogP contribution in [0.4, 0.5) is 0 Å². The number of unbranched alkanes of at least 4 members (excludes halogenated alkanes) is 9. The number of hydrogen-bond donors (Lipinski definition) is 1. The zero-order valence-corrected chi connectivity index (χ0v) is 12.8. The van der Waals surface area contributed by atoms with Gasteiger partial charge in [-0.15, -0.1) is 0 Å². The van der Waals surface area contributed by atoms with Crippen molar-refractivity contribution >= 4 is 5.97 Å². The van der Waals surface area contributed by atoms with Crippen molar-refractivity contribution in [3.8, 4) is 0 Å². The minimum absolute atomic E-state index is 0.319. The van der Waals surface area contributed by atoms with Gasteiger partial charge in [0.15, 0.2) is 0 Å². The molecule has 0 atom stereocenters. The summed E-state index contributed by atoms with van der Waals surface area (Å²) in [7, 11) is 0. The van der Waals surface area contributed by atoms with Crippen LogP contribution in [-0.2, 0) is 4.79 Å². The van der Waals surface area contributed by atoms with Crippen molar-refractivity contribution in [3.63, 3.8) is 0 Å². The van der Waals surface area contributed by atoms with E-state index in [-0.39, 0.29) is 5.41 Å². The molecule has 112 valence electrons. The standard InChI is InChI=1S/C17H32O2/c1-2-3-4-5-6-7-8-9-10-11-13-17(16(18)19)14-12-15-17/h2-15H2,1H3,(H,18,19). The summed E-state index contributed by atoms with van der Waals surface area (Å²) in [4.78, 5) is 11.2.